The Hall–Kier alpha value is -0.130. The lowest BCUT2D eigenvalue weighted by Gasteiger charge is -2.58. The lowest BCUT2D eigenvalue weighted by atomic mass is 9.55. The van der Waals surface area contributed by atoms with Crippen molar-refractivity contribution in [1.29, 1.82) is 0 Å². The highest BCUT2D eigenvalue weighted by Crippen LogP contribution is 2.53. The van der Waals surface area contributed by atoms with Crippen molar-refractivity contribution in [1.82, 2.24) is 5.32 Å². The Labute approximate surface area is 123 Å². The first-order chi connectivity index (χ1) is 9.54. The largest absolute Gasteiger partial charge is 0.378 e. The molecule has 0 aromatic carbocycles. The normalized spacial score (nSPS) is 29.3. The fourth-order valence-electron chi connectivity index (χ4n) is 3.88. The van der Waals surface area contributed by atoms with Gasteiger partial charge in [0.25, 0.3) is 0 Å². The molecule has 5 heteroatoms. The molecular weight excluding hydrogens is 274 g/mol. The second kappa shape index (κ2) is 6.75. The van der Waals surface area contributed by atoms with E-state index in [4.69, 9.17) is 4.74 Å². The molecule has 2 unspecified atom stereocenters. The predicted molar refractivity (Wildman–Crippen MR) is 81.7 cm³/mol. The maximum atomic E-state index is 11.6. The van der Waals surface area contributed by atoms with Crippen molar-refractivity contribution in [2.75, 3.05) is 24.7 Å². The SMILES string of the molecule is CCOC1CC(NCCS(=O)(=O)CC)C12CCCCC2. The van der Waals surface area contributed by atoms with Crippen LogP contribution in [0.4, 0.5) is 0 Å². The lowest BCUT2D eigenvalue weighted by Crippen LogP contribution is -2.64. The van der Waals surface area contributed by atoms with E-state index in [-0.39, 0.29) is 16.9 Å². The average molecular weight is 303 g/mol. The maximum Gasteiger partial charge on any atom is 0.151 e. The molecule has 2 fully saturated rings. The van der Waals surface area contributed by atoms with Gasteiger partial charge in [-0.2, -0.15) is 0 Å². The molecule has 0 aromatic rings. The molecule has 0 bridgehead atoms. The summed E-state index contributed by atoms with van der Waals surface area (Å²) >= 11 is 0. The Balaban J connectivity index is 1.88. The van der Waals surface area contributed by atoms with Crippen molar-refractivity contribution in [3.63, 3.8) is 0 Å². The molecule has 2 saturated carbocycles. The van der Waals surface area contributed by atoms with E-state index in [1.807, 2.05) is 0 Å². The van der Waals surface area contributed by atoms with Gasteiger partial charge in [0.1, 0.15) is 0 Å². The van der Waals surface area contributed by atoms with Crippen LogP contribution in [0.3, 0.4) is 0 Å². The van der Waals surface area contributed by atoms with Crippen molar-refractivity contribution >= 4 is 9.84 Å². The third-order valence-corrected chi connectivity index (χ3v) is 6.89. The van der Waals surface area contributed by atoms with Crippen molar-refractivity contribution in [3.8, 4) is 0 Å². The zero-order valence-electron chi connectivity index (χ0n) is 12.9. The van der Waals surface area contributed by atoms with Gasteiger partial charge in [-0.25, -0.2) is 8.42 Å². The van der Waals surface area contributed by atoms with Crippen LogP contribution in [0.25, 0.3) is 0 Å². The summed E-state index contributed by atoms with van der Waals surface area (Å²) in [6.07, 6.45) is 7.79. The second-order valence-corrected chi connectivity index (χ2v) is 8.69. The van der Waals surface area contributed by atoms with E-state index in [0.717, 1.165) is 13.0 Å². The minimum Gasteiger partial charge on any atom is -0.378 e. The van der Waals surface area contributed by atoms with Crippen LogP contribution < -0.4 is 5.32 Å². The molecule has 2 rings (SSSR count). The predicted octanol–water partition coefficient (Wildman–Crippen LogP) is 2.14. The van der Waals surface area contributed by atoms with Crippen molar-refractivity contribution in [2.24, 2.45) is 5.41 Å². The topological polar surface area (TPSA) is 55.4 Å². The molecule has 20 heavy (non-hydrogen) atoms. The van der Waals surface area contributed by atoms with E-state index in [2.05, 4.69) is 12.2 Å². The van der Waals surface area contributed by atoms with Crippen molar-refractivity contribution in [3.05, 3.63) is 0 Å². The van der Waals surface area contributed by atoms with Crippen LogP contribution >= 0.6 is 0 Å². The van der Waals surface area contributed by atoms with E-state index in [1.54, 1.807) is 6.92 Å². The molecule has 4 nitrogen and oxygen atoms in total. The van der Waals surface area contributed by atoms with Crippen LogP contribution in [0.2, 0.25) is 0 Å². The quantitative estimate of drug-likeness (QED) is 0.783. The van der Waals surface area contributed by atoms with Crippen molar-refractivity contribution < 1.29 is 13.2 Å². The van der Waals surface area contributed by atoms with Crippen molar-refractivity contribution in [2.45, 2.75) is 64.5 Å². The van der Waals surface area contributed by atoms with Gasteiger partial charge in [0, 0.05) is 30.4 Å². The van der Waals surface area contributed by atoms with Gasteiger partial charge in [0.05, 0.1) is 11.9 Å². The summed E-state index contributed by atoms with van der Waals surface area (Å²) in [5.41, 5.74) is 0.282. The first-order valence-corrected chi connectivity index (χ1v) is 9.91. The van der Waals surface area contributed by atoms with Crippen LogP contribution in [0.5, 0.6) is 0 Å². The molecule has 2 aliphatic rings. The third kappa shape index (κ3) is 3.37. The highest BCUT2D eigenvalue weighted by molar-refractivity contribution is 7.91. The number of sulfone groups is 1. The third-order valence-electron chi connectivity index (χ3n) is 5.18. The maximum absolute atomic E-state index is 11.6. The molecule has 1 spiro atoms. The monoisotopic (exact) mass is 303 g/mol. The molecule has 2 atom stereocenters. The van der Waals surface area contributed by atoms with Crippen LogP contribution in [-0.4, -0.2) is 45.2 Å². The Morgan fingerprint density at radius 1 is 1.20 bits per heavy atom. The van der Waals surface area contributed by atoms with Gasteiger partial charge in [0.15, 0.2) is 9.84 Å². The van der Waals surface area contributed by atoms with Gasteiger partial charge in [-0.1, -0.05) is 26.2 Å². The van der Waals surface area contributed by atoms with Gasteiger partial charge >= 0.3 is 0 Å². The fourth-order valence-corrected chi connectivity index (χ4v) is 4.60. The molecular formula is C15H29NO3S. The summed E-state index contributed by atoms with van der Waals surface area (Å²) in [6.45, 7) is 5.14. The number of ether oxygens (including phenoxy) is 1. The van der Waals surface area contributed by atoms with Crippen LogP contribution in [0, 0.1) is 5.41 Å². The first kappa shape index (κ1) is 16.2. The van der Waals surface area contributed by atoms with E-state index < -0.39 is 9.84 Å². The summed E-state index contributed by atoms with van der Waals surface area (Å²) in [6, 6.07) is 0.450. The highest BCUT2D eigenvalue weighted by atomic mass is 32.2. The standard InChI is InChI=1S/C15H29NO3S/c1-3-19-14-12-13(15(14)8-6-5-7-9-15)16-10-11-20(17,18)4-2/h13-14,16H,3-12H2,1-2H3. The summed E-state index contributed by atoms with van der Waals surface area (Å²) in [5.74, 6) is 0.501. The zero-order chi connectivity index (χ0) is 14.6. The molecule has 2 aliphatic carbocycles. The molecule has 0 heterocycles. The minimum atomic E-state index is -2.86. The van der Waals surface area contributed by atoms with Crippen LogP contribution in [0.15, 0.2) is 0 Å². The smallest absolute Gasteiger partial charge is 0.151 e. The number of hydrogen-bond acceptors (Lipinski definition) is 4. The van der Waals surface area contributed by atoms with Gasteiger partial charge in [-0.15, -0.1) is 0 Å². The molecule has 0 radical (unpaired) electrons. The minimum absolute atomic E-state index is 0.242. The van der Waals surface area contributed by atoms with E-state index >= 15 is 0 Å². The summed E-state index contributed by atoms with van der Waals surface area (Å²) in [5, 5.41) is 3.50. The Morgan fingerprint density at radius 2 is 1.90 bits per heavy atom. The Morgan fingerprint density at radius 3 is 2.50 bits per heavy atom. The fraction of sp³-hybridized carbons (Fsp3) is 1.00. The van der Waals surface area contributed by atoms with Gasteiger partial charge in [0.2, 0.25) is 0 Å². The summed E-state index contributed by atoms with van der Waals surface area (Å²) in [4.78, 5) is 0. The van der Waals surface area contributed by atoms with E-state index in [1.165, 1.54) is 32.1 Å². The summed E-state index contributed by atoms with van der Waals surface area (Å²) in [7, 11) is -2.86. The first-order valence-electron chi connectivity index (χ1n) is 8.09. The molecule has 0 saturated heterocycles. The molecule has 0 aromatic heterocycles. The molecule has 1 N–H and O–H groups in total. The lowest BCUT2D eigenvalue weighted by molar-refractivity contribution is -0.149. The number of hydrogen-bond donors (Lipinski definition) is 1. The zero-order valence-corrected chi connectivity index (χ0v) is 13.7. The Bertz CT molecular complexity index is 401. The van der Waals surface area contributed by atoms with Gasteiger partial charge in [-0.05, 0) is 26.2 Å². The molecule has 0 aliphatic heterocycles. The van der Waals surface area contributed by atoms with E-state index in [9.17, 15) is 8.42 Å². The number of rotatable bonds is 7. The van der Waals surface area contributed by atoms with Gasteiger partial charge in [-0.3, -0.25) is 0 Å². The Kier molecular flexibility index (Phi) is 5.49. The van der Waals surface area contributed by atoms with Crippen LogP contribution in [-0.2, 0) is 14.6 Å². The average Bonchev–Trinajstić information content (AvgIpc) is 2.46. The molecule has 0 amide bonds. The van der Waals surface area contributed by atoms with E-state index in [0.29, 0.717) is 18.7 Å². The molecule has 118 valence electrons. The summed E-state index contributed by atoms with van der Waals surface area (Å²) < 4.78 is 29.0. The number of nitrogens with one attached hydrogen (secondary N) is 1. The van der Waals surface area contributed by atoms with Gasteiger partial charge < -0.3 is 10.1 Å². The second-order valence-electron chi connectivity index (χ2n) is 6.22. The highest BCUT2D eigenvalue weighted by Gasteiger charge is 2.55. The van der Waals surface area contributed by atoms with Crippen LogP contribution in [0.1, 0.15) is 52.4 Å².